The van der Waals surface area contributed by atoms with Crippen LogP contribution >= 0.6 is 0 Å². The highest BCUT2D eigenvalue weighted by atomic mass is 16.5. The van der Waals surface area contributed by atoms with E-state index in [0.29, 0.717) is 17.0 Å². The molecule has 3 rings (SSSR count). The van der Waals surface area contributed by atoms with Crippen LogP contribution in [0.5, 0.6) is 5.75 Å². The van der Waals surface area contributed by atoms with Gasteiger partial charge in [0.15, 0.2) is 5.84 Å². The number of oxime groups is 1. The van der Waals surface area contributed by atoms with Crippen LogP contribution in [-0.4, -0.2) is 51.7 Å². The summed E-state index contributed by atoms with van der Waals surface area (Å²) in [5.41, 5.74) is 7.54. The lowest BCUT2D eigenvalue weighted by Crippen LogP contribution is -2.40. The first kappa shape index (κ1) is 18.8. The van der Waals surface area contributed by atoms with E-state index in [4.69, 9.17) is 15.7 Å². The van der Waals surface area contributed by atoms with E-state index in [1.54, 1.807) is 23.2 Å². The molecule has 0 unspecified atom stereocenters. The Morgan fingerprint density at radius 2 is 2.11 bits per heavy atom. The minimum Gasteiger partial charge on any atom is -0.496 e. The fourth-order valence-electron chi connectivity index (χ4n) is 3.50. The van der Waals surface area contributed by atoms with Gasteiger partial charge in [0.05, 0.1) is 18.4 Å². The van der Waals surface area contributed by atoms with Gasteiger partial charge >= 0.3 is 6.03 Å². The second-order valence-electron chi connectivity index (χ2n) is 6.75. The van der Waals surface area contributed by atoms with E-state index in [1.807, 2.05) is 13.1 Å². The Morgan fingerprint density at radius 3 is 2.78 bits per heavy atom. The van der Waals surface area contributed by atoms with Gasteiger partial charge in [-0.25, -0.2) is 9.78 Å². The minimum absolute atomic E-state index is 0.0544. The number of carbonyl (C=O) groups excluding carboxylic acids is 1. The predicted octanol–water partition coefficient (Wildman–Crippen LogP) is 2.89. The van der Waals surface area contributed by atoms with Crippen LogP contribution in [0.3, 0.4) is 0 Å². The first-order chi connectivity index (χ1) is 13.0. The van der Waals surface area contributed by atoms with Crippen molar-refractivity contribution in [3.8, 4) is 17.0 Å². The number of nitrogens with two attached hydrogens (primary N) is 1. The molecule has 1 aliphatic rings. The van der Waals surface area contributed by atoms with Gasteiger partial charge in [0.2, 0.25) is 0 Å². The molecule has 0 spiro atoms. The first-order valence-corrected chi connectivity index (χ1v) is 9.02. The number of hydrogen-bond acceptors (Lipinski definition) is 5. The molecule has 1 aliphatic carbocycles. The molecule has 0 radical (unpaired) electrons. The van der Waals surface area contributed by atoms with Crippen LogP contribution in [0, 0.1) is 0 Å². The lowest BCUT2D eigenvalue weighted by molar-refractivity contribution is 0.175. The summed E-state index contributed by atoms with van der Waals surface area (Å²) in [6.07, 6.45) is 8.88. The Labute approximate surface area is 158 Å². The molecule has 1 saturated carbocycles. The second kappa shape index (κ2) is 8.11. The highest BCUT2D eigenvalue weighted by Gasteiger charge is 2.23. The molecule has 0 bridgehead atoms. The topological polar surface area (TPSA) is 106 Å². The average Bonchev–Trinajstić information content (AvgIpc) is 3.22. The molecule has 1 fully saturated rings. The van der Waals surface area contributed by atoms with E-state index in [0.717, 1.165) is 18.4 Å². The maximum Gasteiger partial charge on any atom is 0.329 e. The van der Waals surface area contributed by atoms with Crippen molar-refractivity contribution < 1.29 is 14.7 Å². The predicted molar refractivity (Wildman–Crippen MR) is 102 cm³/mol. The summed E-state index contributed by atoms with van der Waals surface area (Å²) in [7, 11) is 3.36. The molecule has 0 saturated heterocycles. The summed E-state index contributed by atoms with van der Waals surface area (Å²) < 4.78 is 6.74. The molecule has 8 nitrogen and oxygen atoms in total. The third-order valence-corrected chi connectivity index (χ3v) is 5.11. The van der Waals surface area contributed by atoms with E-state index in [2.05, 4.69) is 10.1 Å². The molecular weight excluding hydrogens is 346 g/mol. The van der Waals surface area contributed by atoms with Crippen molar-refractivity contribution in [1.82, 2.24) is 14.5 Å². The zero-order chi connectivity index (χ0) is 19.4. The highest BCUT2D eigenvalue weighted by Crippen LogP contribution is 2.26. The van der Waals surface area contributed by atoms with Gasteiger partial charge in [-0.05, 0) is 31.0 Å². The molecule has 2 aromatic rings. The quantitative estimate of drug-likeness (QED) is 0.372. The van der Waals surface area contributed by atoms with Crippen molar-refractivity contribution in [2.75, 3.05) is 14.2 Å². The normalized spacial score (nSPS) is 15.6. The van der Waals surface area contributed by atoms with Crippen LogP contribution in [-0.2, 0) is 0 Å². The summed E-state index contributed by atoms with van der Waals surface area (Å²) in [6.45, 7) is 0. The number of amidine groups is 1. The zero-order valence-electron chi connectivity index (χ0n) is 15.6. The molecule has 1 aromatic heterocycles. The Hall–Kier alpha value is -3.03. The smallest absolute Gasteiger partial charge is 0.329 e. The average molecular weight is 371 g/mol. The van der Waals surface area contributed by atoms with Gasteiger partial charge in [-0.1, -0.05) is 24.4 Å². The zero-order valence-corrected chi connectivity index (χ0v) is 15.6. The van der Waals surface area contributed by atoms with Gasteiger partial charge in [0.25, 0.3) is 0 Å². The number of rotatable bonds is 4. The third kappa shape index (κ3) is 3.89. The van der Waals surface area contributed by atoms with Gasteiger partial charge in [0, 0.05) is 24.8 Å². The lowest BCUT2D eigenvalue weighted by atomic mass is 9.95. The number of aromatic nitrogens is 2. The van der Waals surface area contributed by atoms with E-state index in [-0.39, 0.29) is 17.9 Å². The molecule has 27 heavy (non-hydrogen) atoms. The van der Waals surface area contributed by atoms with Crippen molar-refractivity contribution in [3.63, 3.8) is 0 Å². The molecule has 1 aromatic carbocycles. The Kier molecular flexibility index (Phi) is 5.63. The van der Waals surface area contributed by atoms with Crippen LogP contribution in [0.1, 0.15) is 37.7 Å². The number of ether oxygens (including phenoxy) is 1. The van der Waals surface area contributed by atoms with E-state index < -0.39 is 0 Å². The van der Waals surface area contributed by atoms with E-state index >= 15 is 0 Å². The van der Waals surface area contributed by atoms with Gasteiger partial charge < -0.3 is 20.6 Å². The summed E-state index contributed by atoms with van der Waals surface area (Å²) in [4.78, 5) is 18.9. The van der Waals surface area contributed by atoms with Crippen LogP contribution in [0.2, 0.25) is 0 Å². The number of imidazole rings is 1. The van der Waals surface area contributed by atoms with Crippen molar-refractivity contribution in [1.29, 1.82) is 0 Å². The standard InChI is InChI=1S/C19H25N5O3/c1-23(14-6-4-3-5-7-14)19(25)24-11-16(21-12-24)13-8-9-17(27-2)15(10-13)18(20)22-26/h8-12,14,26H,3-7H2,1-2H3,(H2,20,22). The molecule has 144 valence electrons. The second-order valence-corrected chi connectivity index (χ2v) is 6.75. The molecule has 1 heterocycles. The number of benzene rings is 1. The highest BCUT2D eigenvalue weighted by molar-refractivity contribution is 6.00. The van der Waals surface area contributed by atoms with E-state index in [9.17, 15) is 4.79 Å². The summed E-state index contributed by atoms with van der Waals surface area (Å²) in [5, 5.41) is 12.0. The van der Waals surface area contributed by atoms with Crippen molar-refractivity contribution in [2.24, 2.45) is 10.9 Å². The molecule has 1 amide bonds. The summed E-state index contributed by atoms with van der Waals surface area (Å²) in [5.74, 6) is 0.433. The van der Waals surface area contributed by atoms with Crippen molar-refractivity contribution in [3.05, 3.63) is 36.3 Å². The van der Waals surface area contributed by atoms with Crippen molar-refractivity contribution >= 4 is 11.9 Å². The molecule has 0 aliphatic heterocycles. The third-order valence-electron chi connectivity index (χ3n) is 5.11. The Bertz CT molecular complexity index is 840. The number of amides is 1. The summed E-state index contributed by atoms with van der Waals surface area (Å²) >= 11 is 0. The summed E-state index contributed by atoms with van der Waals surface area (Å²) in [6, 6.07) is 5.44. The molecular formula is C19H25N5O3. The van der Waals surface area contributed by atoms with Crippen molar-refractivity contribution in [2.45, 2.75) is 38.1 Å². The maximum absolute atomic E-state index is 12.8. The lowest BCUT2D eigenvalue weighted by Gasteiger charge is -2.31. The number of methoxy groups -OCH3 is 1. The van der Waals surface area contributed by atoms with Crippen LogP contribution in [0.25, 0.3) is 11.3 Å². The van der Waals surface area contributed by atoms with Crippen LogP contribution < -0.4 is 10.5 Å². The SMILES string of the molecule is COc1ccc(-c2cn(C(=O)N(C)C3CCCCC3)cn2)cc1C(N)=NO. The van der Waals surface area contributed by atoms with E-state index in [1.165, 1.54) is 37.3 Å². The van der Waals surface area contributed by atoms with Gasteiger partial charge in [0.1, 0.15) is 12.1 Å². The molecule has 0 atom stereocenters. The fourth-order valence-corrected chi connectivity index (χ4v) is 3.50. The van der Waals surface area contributed by atoms with Gasteiger partial charge in [-0.15, -0.1) is 0 Å². The minimum atomic E-state index is -0.0918. The maximum atomic E-state index is 12.8. The van der Waals surface area contributed by atoms with Gasteiger partial charge in [-0.2, -0.15) is 0 Å². The molecule has 8 heteroatoms. The largest absolute Gasteiger partial charge is 0.496 e. The monoisotopic (exact) mass is 371 g/mol. The number of nitrogens with zero attached hydrogens (tertiary/aromatic N) is 4. The first-order valence-electron chi connectivity index (χ1n) is 9.02. The fraction of sp³-hybridized carbons (Fsp3) is 0.421. The number of carbonyl (C=O) groups is 1. The van der Waals surface area contributed by atoms with Crippen LogP contribution in [0.15, 0.2) is 35.9 Å². The molecule has 3 N–H and O–H groups in total. The Morgan fingerprint density at radius 1 is 1.37 bits per heavy atom. The van der Waals surface area contributed by atoms with Gasteiger partial charge in [-0.3, -0.25) is 4.57 Å². The van der Waals surface area contributed by atoms with Crippen LogP contribution in [0.4, 0.5) is 4.79 Å². The number of hydrogen-bond donors (Lipinski definition) is 2. The Balaban J connectivity index is 1.84.